The van der Waals surface area contributed by atoms with E-state index in [0.717, 1.165) is 11.3 Å². The van der Waals surface area contributed by atoms with Crippen molar-refractivity contribution in [3.63, 3.8) is 0 Å². The molecule has 0 aliphatic carbocycles. The van der Waals surface area contributed by atoms with Gasteiger partial charge in [-0.05, 0) is 42.3 Å². The molecule has 8 heteroatoms. The summed E-state index contributed by atoms with van der Waals surface area (Å²) >= 11 is 0.813. The lowest BCUT2D eigenvalue weighted by atomic mass is 10.0. The maximum atomic E-state index is 13.4. The number of halogens is 1. The Kier molecular flexibility index (Phi) is 4.91. The number of benzene rings is 2. The first kappa shape index (κ1) is 18.5. The number of aliphatic carboxylic acids is 1. The number of carbonyl (C=O) groups excluding carboxylic acids is 1. The third-order valence-electron chi connectivity index (χ3n) is 3.98. The molecule has 3 rings (SSSR count). The van der Waals surface area contributed by atoms with Gasteiger partial charge in [-0.1, -0.05) is 29.5 Å². The van der Waals surface area contributed by atoms with Crippen LogP contribution in [0.5, 0.6) is 5.06 Å². The Bertz CT molecular complexity index is 1120. The van der Waals surface area contributed by atoms with E-state index in [0.29, 0.717) is 15.8 Å². The van der Waals surface area contributed by atoms with Gasteiger partial charge in [0.25, 0.3) is 5.91 Å². The Balaban J connectivity index is 2.08. The van der Waals surface area contributed by atoms with E-state index in [2.05, 4.69) is 5.32 Å². The summed E-state index contributed by atoms with van der Waals surface area (Å²) in [4.78, 5) is 35.7. The lowest BCUT2D eigenvalue weighted by Crippen LogP contribution is -2.40. The largest absolute Gasteiger partial charge is 0.499 e. The molecule has 0 aliphatic rings. The quantitative estimate of drug-likeness (QED) is 0.639. The van der Waals surface area contributed by atoms with E-state index in [4.69, 9.17) is 5.11 Å². The zero-order valence-electron chi connectivity index (χ0n) is 14.0. The first-order chi connectivity index (χ1) is 12.8. The van der Waals surface area contributed by atoms with Crippen LogP contribution in [0.25, 0.3) is 21.2 Å². The molecule has 3 aromatic rings. The second-order valence-electron chi connectivity index (χ2n) is 5.87. The topological polar surface area (TPSA) is 104 Å². The highest BCUT2D eigenvalue weighted by molar-refractivity contribution is 7.20. The molecule has 0 saturated carbocycles. The van der Waals surface area contributed by atoms with E-state index in [1.807, 2.05) is 0 Å². The number of amides is 1. The van der Waals surface area contributed by atoms with Gasteiger partial charge in [0.15, 0.2) is 5.06 Å². The molecule has 1 aromatic heterocycles. The smallest absolute Gasteiger partial charge is 0.325 e. The predicted octanol–water partition coefficient (Wildman–Crippen LogP) is 2.98. The molecule has 0 spiro atoms. The molecule has 3 N–H and O–H groups in total. The second-order valence-corrected chi connectivity index (χ2v) is 6.90. The first-order valence-electron chi connectivity index (χ1n) is 7.87. The van der Waals surface area contributed by atoms with E-state index in [1.54, 1.807) is 24.3 Å². The van der Waals surface area contributed by atoms with Crippen molar-refractivity contribution < 1.29 is 24.2 Å². The standard InChI is InChI=1S/C19H14FNO5S/c1-9(18(24)25)21-17(23)15-16(22)13-6-5-11(8-14(13)27-19(15)26)10-3-2-4-12(20)7-10/h2-9,26H,1H3,(H,21,23)(H,24,25)/t9-/m0/s1. The monoisotopic (exact) mass is 387 g/mol. The fourth-order valence-electron chi connectivity index (χ4n) is 2.56. The molecule has 1 amide bonds. The summed E-state index contributed by atoms with van der Waals surface area (Å²) in [6.07, 6.45) is 0. The summed E-state index contributed by atoms with van der Waals surface area (Å²) in [5.74, 6) is -2.62. The number of hydrogen-bond acceptors (Lipinski definition) is 5. The fourth-order valence-corrected chi connectivity index (χ4v) is 3.51. The number of aromatic hydroxyl groups is 1. The Hall–Kier alpha value is -3.26. The second kappa shape index (κ2) is 7.16. The molecule has 6 nitrogen and oxygen atoms in total. The number of carboxylic acids is 1. The van der Waals surface area contributed by atoms with Crippen molar-refractivity contribution in [3.05, 3.63) is 64.1 Å². The van der Waals surface area contributed by atoms with Crippen LogP contribution in [0.4, 0.5) is 4.39 Å². The van der Waals surface area contributed by atoms with Crippen LogP contribution >= 0.6 is 11.3 Å². The van der Waals surface area contributed by atoms with Gasteiger partial charge < -0.3 is 15.5 Å². The first-order valence-corrected chi connectivity index (χ1v) is 8.69. The highest BCUT2D eigenvalue weighted by atomic mass is 32.1. The van der Waals surface area contributed by atoms with Crippen LogP contribution in [0.2, 0.25) is 0 Å². The molecule has 27 heavy (non-hydrogen) atoms. The predicted molar refractivity (Wildman–Crippen MR) is 99.7 cm³/mol. The minimum absolute atomic E-state index is 0.200. The molecule has 0 saturated heterocycles. The fraction of sp³-hybridized carbons (Fsp3) is 0.105. The molecular formula is C19H14FNO5S. The van der Waals surface area contributed by atoms with Gasteiger partial charge in [0.05, 0.1) is 0 Å². The van der Waals surface area contributed by atoms with Crippen LogP contribution < -0.4 is 10.7 Å². The highest BCUT2D eigenvalue weighted by Crippen LogP contribution is 2.31. The van der Waals surface area contributed by atoms with Crippen LogP contribution in [0.3, 0.4) is 0 Å². The molecule has 0 bridgehead atoms. The summed E-state index contributed by atoms with van der Waals surface area (Å²) in [6, 6.07) is 9.45. The number of carbonyl (C=O) groups is 2. The van der Waals surface area contributed by atoms with Crippen molar-refractivity contribution in [1.29, 1.82) is 0 Å². The maximum absolute atomic E-state index is 13.4. The van der Waals surface area contributed by atoms with Crippen LogP contribution in [0.1, 0.15) is 17.3 Å². The Morgan fingerprint density at radius 1 is 1.15 bits per heavy atom. The Morgan fingerprint density at radius 3 is 2.52 bits per heavy atom. The number of nitrogens with one attached hydrogen (secondary N) is 1. The average Bonchev–Trinajstić information content (AvgIpc) is 2.61. The number of rotatable bonds is 4. The van der Waals surface area contributed by atoms with Gasteiger partial charge in [0.2, 0.25) is 5.43 Å². The third kappa shape index (κ3) is 3.65. The minimum Gasteiger partial charge on any atom is -0.499 e. The summed E-state index contributed by atoms with van der Waals surface area (Å²) < 4.78 is 13.8. The van der Waals surface area contributed by atoms with Gasteiger partial charge in [-0.15, -0.1) is 0 Å². The van der Waals surface area contributed by atoms with Gasteiger partial charge in [0, 0.05) is 10.1 Å². The Morgan fingerprint density at radius 2 is 1.85 bits per heavy atom. The molecule has 0 aliphatic heterocycles. The molecule has 138 valence electrons. The van der Waals surface area contributed by atoms with E-state index < -0.39 is 39.8 Å². The van der Waals surface area contributed by atoms with Crippen molar-refractivity contribution in [1.82, 2.24) is 5.32 Å². The van der Waals surface area contributed by atoms with Crippen molar-refractivity contribution in [2.75, 3.05) is 0 Å². The van der Waals surface area contributed by atoms with E-state index in [1.165, 1.54) is 25.1 Å². The van der Waals surface area contributed by atoms with Gasteiger partial charge in [-0.3, -0.25) is 14.4 Å². The maximum Gasteiger partial charge on any atom is 0.325 e. The minimum atomic E-state index is -1.26. The van der Waals surface area contributed by atoms with Crippen LogP contribution in [0, 0.1) is 5.82 Å². The van der Waals surface area contributed by atoms with Crippen LogP contribution in [-0.4, -0.2) is 28.1 Å². The zero-order chi connectivity index (χ0) is 19.7. The van der Waals surface area contributed by atoms with Gasteiger partial charge >= 0.3 is 5.97 Å². The summed E-state index contributed by atoms with van der Waals surface area (Å²) in [7, 11) is 0. The van der Waals surface area contributed by atoms with Gasteiger partial charge in [-0.2, -0.15) is 0 Å². The summed E-state index contributed by atoms with van der Waals surface area (Å²) in [5, 5.41) is 20.9. The molecule has 0 fully saturated rings. The molecule has 0 unspecified atom stereocenters. The summed E-state index contributed by atoms with van der Waals surface area (Å²) in [5.41, 5.74) is 0.0446. The normalized spacial score (nSPS) is 11.9. The lowest BCUT2D eigenvalue weighted by molar-refractivity contribution is -0.138. The SMILES string of the molecule is C[C@H](NC(=O)c1c(O)sc2cc(-c3cccc(F)c3)ccc2c1=O)C(=O)O. The number of hydrogen-bond donors (Lipinski definition) is 3. The number of fused-ring (bicyclic) bond motifs is 1. The van der Waals surface area contributed by atoms with E-state index in [9.17, 15) is 23.9 Å². The lowest BCUT2D eigenvalue weighted by Gasteiger charge is -2.10. The molecular weight excluding hydrogens is 373 g/mol. The van der Waals surface area contributed by atoms with Crippen molar-refractivity contribution in [2.45, 2.75) is 13.0 Å². The van der Waals surface area contributed by atoms with E-state index in [-0.39, 0.29) is 5.39 Å². The van der Waals surface area contributed by atoms with Crippen molar-refractivity contribution in [3.8, 4) is 16.2 Å². The van der Waals surface area contributed by atoms with E-state index >= 15 is 0 Å². The van der Waals surface area contributed by atoms with Gasteiger partial charge in [-0.25, -0.2) is 4.39 Å². The molecule has 1 atom stereocenters. The Labute approximate surface area is 156 Å². The van der Waals surface area contributed by atoms with Crippen LogP contribution in [-0.2, 0) is 4.79 Å². The van der Waals surface area contributed by atoms with Gasteiger partial charge in [0.1, 0.15) is 17.4 Å². The van der Waals surface area contributed by atoms with Crippen molar-refractivity contribution >= 4 is 33.3 Å². The van der Waals surface area contributed by atoms with Crippen molar-refractivity contribution in [2.24, 2.45) is 0 Å². The van der Waals surface area contributed by atoms with Crippen LogP contribution in [0.15, 0.2) is 47.3 Å². The molecule has 1 heterocycles. The third-order valence-corrected chi connectivity index (χ3v) is 4.93. The molecule has 0 radical (unpaired) electrons. The summed E-state index contributed by atoms with van der Waals surface area (Å²) in [6.45, 7) is 1.25. The molecule has 2 aromatic carbocycles. The average molecular weight is 387 g/mol. The zero-order valence-corrected chi connectivity index (χ0v) is 14.8. The number of carboxylic acid groups (broad SMARTS) is 1. The highest BCUT2D eigenvalue weighted by Gasteiger charge is 2.23.